The van der Waals surface area contributed by atoms with Crippen LogP contribution in [0.4, 0.5) is 20.4 Å². The van der Waals surface area contributed by atoms with Gasteiger partial charge >= 0.3 is 0 Å². The quantitative estimate of drug-likeness (QED) is 0.778. The molecule has 0 aromatic carbocycles. The number of nitrogens with one attached hydrogen (secondary N) is 2. The van der Waals surface area contributed by atoms with Gasteiger partial charge in [-0.3, -0.25) is 0 Å². The molecule has 1 aromatic heterocycles. The molecule has 1 fully saturated rings. The highest BCUT2D eigenvalue weighted by molar-refractivity contribution is 5.47. The molecule has 1 saturated carbocycles. The number of nitrogens with zero attached hydrogens (tertiary/aromatic N) is 1. The maximum absolute atomic E-state index is 13.7. The molecule has 2 rings (SSSR count). The predicted octanol–water partition coefficient (Wildman–Crippen LogP) is 2.90. The van der Waals surface area contributed by atoms with E-state index in [4.69, 9.17) is 0 Å². The molecule has 1 aliphatic carbocycles. The minimum absolute atomic E-state index is 0.0204. The summed E-state index contributed by atoms with van der Waals surface area (Å²) in [7, 11) is 0. The Morgan fingerprint density at radius 2 is 1.75 bits per heavy atom. The molecule has 1 aliphatic rings. The molecule has 3 N–H and O–H groups in total. The van der Waals surface area contributed by atoms with Crippen molar-refractivity contribution in [2.75, 3.05) is 23.7 Å². The van der Waals surface area contributed by atoms with E-state index in [0.29, 0.717) is 19.4 Å². The summed E-state index contributed by atoms with van der Waals surface area (Å²) in [6, 6.07) is 0.804. The standard InChI is InChI=1S/C14H21F2N3O/c1-2-17-12-10(15)8-11(16)13(19-12)18-9-14(20)6-4-3-5-7-14/h8,20H,2-7,9H2,1H3,(H2,17,18,19). The second kappa shape index (κ2) is 6.35. The first-order valence-corrected chi connectivity index (χ1v) is 7.10. The third-order valence-electron chi connectivity index (χ3n) is 3.64. The highest BCUT2D eigenvalue weighted by Gasteiger charge is 2.29. The lowest BCUT2D eigenvalue weighted by Crippen LogP contribution is -2.39. The lowest BCUT2D eigenvalue weighted by molar-refractivity contribution is 0.0166. The number of anilines is 2. The van der Waals surface area contributed by atoms with Gasteiger partial charge in [-0.2, -0.15) is 0 Å². The highest BCUT2D eigenvalue weighted by atomic mass is 19.1. The minimum atomic E-state index is -0.820. The van der Waals surface area contributed by atoms with Crippen molar-refractivity contribution in [2.24, 2.45) is 0 Å². The Morgan fingerprint density at radius 3 is 2.35 bits per heavy atom. The third-order valence-corrected chi connectivity index (χ3v) is 3.64. The molecule has 0 saturated heterocycles. The van der Waals surface area contributed by atoms with E-state index >= 15 is 0 Å². The highest BCUT2D eigenvalue weighted by Crippen LogP contribution is 2.28. The molecular formula is C14H21F2N3O. The van der Waals surface area contributed by atoms with E-state index in [2.05, 4.69) is 15.6 Å². The van der Waals surface area contributed by atoms with Crippen molar-refractivity contribution in [3.63, 3.8) is 0 Å². The summed E-state index contributed by atoms with van der Waals surface area (Å²) in [5.41, 5.74) is -0.820. The average Bonchev–Trinajstić information content (AvgIpc) is 2.41. The van der Waals surface area contributed by atoms with Gasteiger partial charge in [-0.15, -0.1) is 0 Å². The zero-order chi connectivity index (χ0) is 14.6. The van der Waals surface area contributed by atoms with Crippen molar-refractivity contribution in [3.8, 4) is 0 Å². The summed E-state index contributed by atoms with van der Waals surface area (Å²) in [6.45, 7) is 2.54. The maximum atomic E-state index is 13.7. The Hall–Kier alpha value is -1.43. The molecule has 1 aromatic rings. The fourth-order valence-electron chi connectivity index (χ4n) is 2.52. The summed E-state index contributed by atoms with van der Waals surface area (Å²) < 4.78 is 27.1. The van der Waals surface area contributed by atoms with Crippen LogP contribution in [0.25, 0.3) is 0 Å². The zero-order valence-electron chi connectivity index (χ0n) is 11.7. The molecule has 20 heavy (non-hydrogen) atoms. The van der Waals surface area contributed by atoms with Crippen molar-refractivity contribution in [2.45, 2.75) is 44.6 Å². The molecule has 6 heteroatoms. The van der Waals surface area contributed by atoms with Crippen molar-refractivity contribution >= 4 is 11.6 Å². The van der Waals surface area contributed by atoms with E-state index in [9.17, 15) is 13.9 Å². The number of rotatable bonds is 5. The molecule has 0 amide bonds. The summed E-state index contributed by atoms with van der Waals surface area (Å²) in [5, 5.41) is 15.9. The molecule has 0 aliphatic heterocycles. The van der Waals surface area contributed by atoms with Crippen LogP contribution < -0.4 is 10.6 Å². The lowest BCUT2D eigenvalue weighted by Gasteiger charge is -2.32. The van der Waals surface area contributed by atoms with Gasteiger partial charge in [0.05, 0.1) is 5.60 Å². The summed E-state index contributed by atoms with van der Waals surface area (Å²) >= 11 is 0. The van der Waals surface area contributed by atoms with E-state index < -0.39 is 17.2 Å². The van der Waals surface area contributed by atoms with Gasteiger partial charge in [0.1, 0.15) is 0 Å². The summed E-state index contributed by atoms with van der Waals surface area (Å²) in [6.07, 6.45) is 4.46. The molecule has 0 unspecified atom stereocenters. The first kappa shape index (κ1) is 15.0. The second-order valence-corrected chi connectivity index (χ2v) is 5.32. The number of aliphatic hydroxyl groups is 1. The molecule has 0 spiro atoms. The van der Waals surface area contributed by atoms with Crippen LogP contribution in [0.3, 0.4) is 0 Å². The topological polar surface area (TPSA) is 57.2 Å². The first-order chi connectivity index (χ1) is 9.54. The van der Waals surface area contributed by atoms with Gasteiger partial charge in [0.25, 0.3) is 0 Å². The Bertz CT molecular complexity index is 462. The Balaban J connectivity index is 2.06. The molecule has 0 radical (unpaired) electrons. The molecule has 0 atom stereocenters. The Morgan fingerprint density at radius 1 is 1.15 bits per heavy atom. The second-order valence-electron chi connectivity index (χ2n) is 5.32. The van der Waals surface area contributed by atoms with Crippen LogP contribution >= 0.6 is 0 Å². The Labute approximate surface area is 117 Å². The monoisotopic (exact) mass is 285 g/mol. The van der Waals surface area contributed by atoms with Crippen molar-refractivity contribution in [1.29, 1.82) is 0 Å². The van der Waals surface area contributed by atoms with Crippen LogP contribution in [0.5, 0.6) is 0 Å². The van der Waals surface area contributed by atoms with Gasteiger partial charge in [0.2, 0.25) is 0 Å². The van der Waals surface area contributed by atoms with Gasteiger partial charge in [0, 0.05) is 19.2 Å². The van der Waals surface area contributed by atoms with Gasteiger partial charge in [-0.25, -0.2) is 13.8 Å². The van der Waals surface area contributed by atoms with Crippen molar-refractivity contribution in [3.05, 3.63) is 17.7 Å². The van der Waals surface area contributed by atoms with E-state index in [1.54, 1.807) is 0 Å². The minimum Gasteiger partial charge on any atom is -0.388 e. The van der Waals surface area contributed by atoms with E-state index in [1.165, 1.54) is 0 Å². The van der Waals surface area contributed by atoms with Gasteiger partial charge in [-0.05, 0) is 19.8 Å². The van der Waals surface area contributed by atoms with Gasteiger partial charge in [-0.1, -0.05) is 19.3 Å². The lowest BCUT2D eigenvalue weighted by atomic mass is 9.85. The summed E-state index contributed by atoms with van der Waals surface area (Å²) in [5.74, 6) is -1.47. The van der Waals surface area contributed by atoms with Crippen LogP contribution in [-0.2, 0) is 0 Å². The number of pyridine rings is 1. The van der Waals surface area contributed by atoms with E-state index in [0.717, 1.165) is 25.3 Å². The number of hydrogen-bond acceptors (Lipinski definition) is 4. The molecule has 0 bridgehead atoms. The fraction of sp³-hybridized carbons (Fsp3) is 0.643. The van der Waals surface area contributed by atoms with E-state index in [1.807, 2.05) is 6.92 Å². The molecule has 112 valence electrons. The number of halogens is 2. The first-order valence-electron chi connectivity index (χ1n) is 7.10. The SMILES string of the molecule is CCNc1nc(NCC2(O)CCCCC2)c(F)cc1F. The van der Waals surface area contributed by atoms with Crippen molar-refractivity contribution < 1.29 is 13.9 Å². The normalized spacial score (nSPS) is 17.8. The number of aromatic nitrogens is 1. The fourth-order valence-corrected chi connectivity index (χ4v) is 2.52. The molecular weight excluding hydrogens is 264 g/mol. The molecule has 1 heterocycles. The van der Waals surface area contributed by atoms with Crippen LogP contribution in [0.15, 0.2) is 6.07 Å². The smallest absolute Gasteiger partial charge is 0.168 e. The Kier molecular flexibility index (Phi) is 4.75. The van der Waals surface area contributed by atoms with Gasteiger partial charge in [0.15, 0.2) is 23.3 Å². The average molecular weight is 285 g/mol. The van der Waals surface area contributed by atoms with Crippen LogP contribution in [0, 0.1) is 11.6 Å². The van der Waals surface area contributed by atoms with Crippen LogP contribution in [0.2, 0.25) is 0 Å². The predicted molar refractivity (Wildman–Crippen MR) is 74.8 cm³/mol. The number of hydrogen-bond donors (Lipinski definition) is 3. The van der Waals surface area contributed by atoms with E-state index in [-0.39, 0.29) is 18.2 Å². The van der Waals surface area contributed by atoms with Crippen LogP contribution in [0.1, 0.15) is 39.0 Å². The largest absolute Gasteiger partial charge is 0.388 e. The molecule has 4 nitrogen and oxygen atoms in total. The van der Waals surface area contributed by atoms with Crippen LogP contribution in [-0.4, -0.2) is 28.8 Å². The zero-order valence-corrected chi connectivity index (χ0v) is 11.7. The third kappa shape index (κ3) is 3.56. The maximum Gasteiger partial charge on any atom is 0.168 e. The summed E-state index contributed by atoms with van der Waals surface area (Å²) in [4.78, 5) is 3.89. The van der Waals surface area contributed by atoms with Gasteiger partial charge < -0.3 is 15.7 Å². The van der Waals surface area contributed by atoms with Crippen molar-refractivity contribution in [1.82, 2.24) is 4.98 Å².